The molecule has 0 unspecified atom stereocenters. The first-order valence-corrected chi connectivity index (χ1v) is 6.27. The maximum Gasteiger partial charge on any atom is 0.331 e. The highest BCUT2D eigenvalue weighted by Crippen LogP contribution is 2.48. The van der Waals surface area contributed by atoms with Crippen LogP contribution in [0.5, 0.6) is 0 Å². The minimum Gasteiger partial charge on any atom is -0.502 e. The first-order valence-electron chi connectivity index (χ1n) is 4.14. The van der Waals surface area contributed by atoms with Crippen LogP contribution in [0.2, 0.25) is 0 Å². The van der Waals surface area contributed by atoms with Crippen molar-refractivity contribution in [2.75, 3.05) is 19.4 Å². The summed E-state index contributed by atoms with van der Waals surface area (Å²) in [5, 5.41) is 8.58. The highest BCUT2D eigenvalue weighted by molar-refractivity contribution is 7.80. The van der Waals surface area contributed by atoms with Crippen molar-refractivity contribution in [2.45, 2.75) is 20.3 Å². The number of rotatable bonds is 7. The van der Waals surface area contributed by atoms with Gasteiger partial charge in [0.25, 0.3) is 0 Å². The fourth-order valence-corrected chi connectivity index (χ4v) is 2.65. The Balaban J connectivity index is 4.07. The number of hydrogen-bond acceptors (Lipinski definition) is 4. The molecule has 1 N–H and O–H groups in total. The normalized spacial score (nSPS) is 11.5. The van der Waals surface area contributed by atoms with Gasteiger partial charge in [0.2, 0.25) is 0 Å². The zero-order chi connectivity index (χ0) is 10.3. The average molecular weight is 226 g/mol. The highest BCUT2D eigenvalue weighted by atomic mass is 32.1. The molecule has 0 radical (unpaired) electrons. The molecule has 4 nitrogen and oxygen atoms in total. The Hall–Kier alpha value is 0.0400. The van der Waals surface area contributed by atoms with Crippen molar-refractivity contribution < 1.29 is 18.7 Å². The standard InChI is InChI=1S/C7H15O4PS/c1-3-10-12(9,11-4-2)6-5-7(8)13/h3-6H2,1-2H3,(H,8,13). The third kappa shape index (κ3) is 6.16. The van der Waals surface area contributed by atoms with Crippen LogP contribution in [0.4, 0.5) is 0 Å². The van der Waals surface area contributed by atoms with E-state index in [4.69, 9.17) is 14.2 Å². The molecule has 0 amide bonds. The largest absolute Gasteiger partial charge is 0.502 e. The molecule has 0 aromatic rings. The predicted octanol–water partition coefficient (Wildman–Crippen LogP) is 2.53. The Morgan fingerprint density at radius 1 is 1.38 bits per heavy atom. The topological polar surface area (TPSA) is 55.8 Å². The van der Waals surface area contributed by atoms with E-state index in [-0.39, 0.29) is 17.6 Å². The molecule has 0 saturated heterocycles. The molecule has 0 atom stereocenters. The van der Waals surface area contributed by atoms with Crippen molar-refractivity contribution >= 4 is 24.9 Å². The fraction of sp³-hybridized carbons (Fsp3) is 0.857. The minimum atomic E-state index is -3.02. The number of thiocarbonyl (C=S) groups is 1. The van der Waals surface area contributed by atoms with E-state index in [1.807, 2.05) is 0 Å². The lowest BCUT2D eigenvalue weighted by Crippen LogP contribution is -2.03. The quantitative estimate of drug-likeness (QED) is 0.534. The van der Waals surface area contributed by atoms with E-state index < -0.39 is 7.60 Å². The van der Waals surface area contributed by atoms with Gasteiger partial charge in [-0.3, -0.25) is 4.57 Å². The van der Waals surface area contributed by atoms with Crippen LogP contribution in [-0.2, 0) is 13.6 Å². The Morgan fingerprint density at radius 3 is 2.15 bits per heavy atom. The van der Waals surface area contributed by atoms with Gasteiger partial charge < -0.3 is 14.2 Å². The van der Waals surface area contributed by atoms with Crippen LogP contribution in [0.15, 0.2) is 0 Å². The average Bonchev–Trinajstić information content (AvgIpc) is 2.02. The first kappa shape index (κ1) is 13.0. The van der Waals surface area contributed by atoms with E-state index in [1.165, 1.54) is 0 Å². The van der Waals surface area contributed by atoms with E-state index in [0.29, 0.717) is 13.2 Å². The zero-order valence-corrected chi connectivity index (χ0v) is 9.57. The second kappa shape index (κ2) is 6.49. The van der Waals surface area contributed by atoms with Crippen molar-refractivity contribution in [2.24, 2.45) is 0 Å². The molecule has 0 saturated carbocycles. The fourth-order valence-electron chi connectivity index (χ4n) is 0.792. The number of hydrogen-bond donors (Lipinski definition) is 1. The molecule has 78 valence electrons. The van der Waals surface area contributed by atoms with Crippen molar-refractivity contribution in [3.8, 4) is 0 Å². The lowest BCUT2D eigenvalue weighted by Gasteiger charge is -2.15. The summed E-state index contributed by atoms with van der Waals surface area (Å²) in [6, 6.07) is 0. The molecule has 0 heterocycles. The number of aliphatic hydroxyl groups excluding tert-OH is 1. The lowest BCUT2D eigenvalue weighted by molar-refractivity contribution is 0.220. The highest BCUT2D eigenvalue weighted by Gasteiger charge is 2.23. The van der Waals surface area contributed by atoms with Gasteiger partial charge in [-0.15, -0.1) is 0 Å². The van der Waals surface area contributed by atoms with Crippen LogP contribution in [0, 0.1) is 0 Å². The summed E-state index contributed by atoms with van der Waals surface area (Å²) in [5.41, 5.74) is 0. The van der Waals surface area contributed by atoms with Crippen LogP contribution in [0.3, 0.4) is 0 Å². The third-order valence-electron chi connectivity index (χ3n) is 1.25. The van der Waals surface area contributed by atoms with Gasteiger partial charge in [0, 0.05) is 6.42 Å². The van der Waals surface area contributed by atoms with Gasteiger partial charge in [-0.2, -0.15) is 0 Å². The predicted molar refractivity (Wildman–Crippen MR) is 55.6 cm³/mol. The molecule has 0 spiro atoms. The summed E-state index contributed by atoms with van der Waals surface area (Å²) in [7, 11) is -3.02. The molecule has 0 aliphatic carbocycles. The van der Waals surface area contributed by atoms with E-state index in [2.05, 4.69) is 12.2 Å². The Kier molecular flexibility index (Phi) is 6.51. The molecule has 0 bridgehead atoms. The summed E-state index contributed by atoms with van der Waals surface area (Å²) in [4.78, 5) is 0. The van der Waals surface area contributed by atoms with Gasteiger partial charge in [0.15, 0.2) is 5.05 Å². The summed E-state index contributed by atoms with van der Waals surface area (Å²) < 4.78 is 21.7. The third-order valence-corrected chi connectivity index (χ3v) is 3.53. The van der Waals surface area contributed by atoms with E-state index in [1.54, 1.807) is 13.8 Å². The van der Waals surface area contributed by atoms with Gasteiger partial charge in [0.05, 0.1) is 19.4 Å². The second-order valence-corrected chi connectivity index (χ2v) is 4.97. The maximum absolute atomic E-state index is 11.7. The maximum atomic E-state index is 11.7. The molecule has 0 aromatic heterocycles. The molecular formula is C7H15O4PS. The molecule has 0 fully saturated rings. The summed E-state index contributed by atoms with van der Waals surface area (Å²) in [5.74, 6) is 0. The van der Waals surface area contributed by atoms with Gasteiger partial charge >= 0.3 is 7.60 Å². The molecular weight excluding hydrogens is 211 g/mol. The van der Waals surface area contributed by atoms with E-state index in [9.17, 15) is 4.57 Å². The summed E-state index contributed by atoms with van der Waals surface area (Å²) in [6.07, 6.45) is 0.316. The lowest BCUT2D eigenvalue weighted by atomic mass is 10.5. The van der Waals surface area contributed by atoms with Crippen LogP contribution in [0.25, 0.3) is 0 Å². The molecule has 0 aliphatic heterocycles. The van der Waals surface area contributed by atoms with Crippen molar-refractivity contribution in [1.29, 1.82) is 0 Å². The molecule has 0 aliphatic rings. The molecule has 0 rings (SSSR count). The zero-order valence-electron chi connectivity index (χ0n) is 7.86. The van der Waals surface area contributed by atoms with Gasteiger partial charge in [0.1, 0.15) is 0 Å². The smallest absolute Gasteiger partial charge is 0.331 e. The van der Waals surface area contributed by atoms with E-state index in [0.717, 1.165) is 0 Å². The molecule has 0 aromatic carbocycles. The second-order valence-electron chi connectivity index (χ2n) is 2.31. The number of aliphatic hydroxyl groups is 1. The monoisotopic (exact) mass is 226 g/mol. The molecule has 6 heteroatoms. The molecule has 13 heavy (non-hydrogen) atoms. The van der Waals surface area contributed by atoms with Gasteiger partial charge in [-0.05, 0) is 26.1 Å². The van der Waals surface area contributed by atoms with Crippen LogP contribution < -0.4 is 0 Å². The Labute approximate surface area is 83.8 Å². The SMILES string of the molecule is CCOP(=O)(CCC(O)=S)OCC. The van der Waals surface area contributed by atoms with E-state index >= 15 is 0 Å². The van der Waals surface area contributed by atoms with Crippen molar-refractivity contribution in [3.63, 3.8) is 0 Å². The Morgan fingerprint density at radius 2 is 1.85 bits per heavy atom. The Bertz CT molecular complexity index is 197. The van der Waals surface area contributed by atoms with Crippen LogP contribution >= 0.6 is 19.8 Å². The summed E-state index contributed by atoms with van der Waals surface area (Å²) >= 11 is 4.46. The van der Waals surface area contributed by atoms with Crippen LogP contribution in [-0.4, -0.2) is 29.5 Å². The van der Waals surface area contributed by atoms with Crippen LogP contribution in [0.1, 0.15) is 20.3 Å². The first-order chi connectivity index (χ1) is 6.04. The van der Waals surface area contributed by atoms with Crippen molar-refractivity contribution in [3.05, 3.63) is 0 Å². The summed E-state index contributed by atoms with van der Waals surface area (Å²) in [6.45, 7) is 4.14. The van der Waals surface area contributed by atoms with Gasteiger partial charge in [-0.1, -0.05) is 0 Å². The van der Waals surface area contributed by atoms with Crippen molar-refractivity contribution in [1.82, 2.24) is 0 Å². The minimum absolute atomic E-state index is 0.143. The van der Waals surface area contributed by atoms with Gasteiger partial charge in [-0.25, -0.2) is 0 Å².